The molecule has 0 saturated carbocycles. The van der Waals surface area contributed by atoms with Gasteiger partial charge in [-0.2, -0.15) is 0 Å². The Morgan fingerprint density at radius 1 is 1.35 bits per heavy atom. The van der Waals surface area contributed by atoms with Crippen LogP contribution in [0.5, 0.6) is 5.75 Å². The van der Waals surface area contributed by atoms with Crippen molar-refractivity contribution in [2.24, 2.45) is 0 Å². The lowest BCUT2D eigenvalue weighted by Gasteiger charge is -2.08. The Balaban J connectivity index is 2.79. The van der Waals surface area contributed by atoms with E-state index in [1.807, 2.05) is 0 Å². The topological polar surface area (TPSA) is 98.7 Å². The van der Waals surface area contributed by atoms with E-state index < -0.39 is 5.97 Å². The van der Waals surface area contributed by atoms with Crippen LogP contribution in [0.3, 0.4) is 0 Å². The van der Waals surface area contributed by atoms with Crippen molar-refractivity contribution in [3.05, 3.63) is 23.8 Å². The lowest BCUT2D eigenvalue weighted by atomic mass is 10.2. The van der Waals surface area contributed by atoms with Crippen molar-refractivity contribution in [1.82, 2.24) is 5.32 Å². The Kier molecular flexibility index (Phi) is 4.47. The number of carboxylic acid groups (broad SMARTS) is 1. The summed E-state index contributed by atoms with van der Waals surface area (Å²) >= 11 is 0. The Hall–Kier alpha value is -2.08. The molecule has 1 aromatic carbocycles. The lowest BCUT2D eigenvalue weighted by Crippen LogP contribution is -2.18. The highest BCUT2D eigenvalue weighted by atomic mass is 16.4. The van der Waals surface area contributed by atoms with Gasteiger partial charge in [-0.15, -0.1) is 0 Å². The molecule has 6 nitrogen and oxygen atoms in total. The van der Waals surface area contributed by atoms with Crippen molar-refractivity contribution in [2.75, 3.05) is 18.9 Å². The molecule has 17 heavy (non-hydrogen) atoms. The smallest absolute Gasteiger partial charge is 0.335 e. The number of phenols is 1. The minimum Gasteiger partial charge on any atom is -0.506 e. The molecule has 0 heterocycles. The second-order valence-electron chi connectivity index (χ2n) is 3.44. The first-order valence-electron chi connectivity index (χ1n) is 5.05. The van der Waals surface area contributed by atoms with Crippen molar-refractivity contribution in [3.8, 4) is 5.75 Å². The van der Waals surface area contributed by atoms with Crippen LogP contribution in [-0.4, -0.2) is 35.7 Å². The van der Waals surface area contributed by atoms with Gasteiger partial charge in [0.05, 0.1) is 11.3 Å². The molecule has 0 saturated heterocycles. The summed E-state index contributed by atoms with van der Waals surface area (Å²) in [5, 5.41) is 23.5. The summed E-state index contributed by atoms with van der Waals surface area (Å²) in [6, 6.07) is 3.72. The SMILES string of the molecule is CNCCC(=O)Nc1cc(C(=O)O)ccc1O. The second-order valence-corrected chi connectivity index (χ2v) is 3.44. The Labute approximate surface area is 98.3 Å². The van der Waals surface area contributed by atoms with Crippen molar-refractivity contribution < 1.29 is 19.8 Å². The molecule has 6 heteroatoms. The van der Waals surface area contributed by atoms with E-state index in [1.54, 1.807) is 7.05 Å². The molecule has 1 rings (SSSR count). The maximum atomic E-state index is 11.4. The van der Waals surface area contributed by atoms with Gasteiger partial charge >= 0.3 is 5.97 Å². The summed E-state index contributed by atoms with van der Waals surface area (Å²) in [5.74, 6) is -1.57. The van der Waals surface area contributed by atoms with Gasteiger partial charge in [-0.05, 0) is 25.2 Å². The largest absolute Gasteiger partial charge is 0.506 e. The van der Waals surface area contributed by atoms with Crippen molar-refractivity contribution in [1.29, 1.82) is 0 Å². The fraction of sp³-hybridized carbons (Fsp3) is 0.273. The normalized spacial score (nSPS) is 9.94. The van der Waals surface area contributed by atoms with Crippen LogP contribution in [0.2, 0.25) is 0 Å². The minimum absolute atomic E-state index is 0.00622. The highest BCUT2D eigenvalue weighted by Crippen LogP contribution is 2.24. The first-order chi connectivity index (χ1) is 8.04. The molecule has 0 unspecified atom stereocenters. The molecule has 92 valence electrons. The minimum atomic E-state index is -1.12. The van der Waals surface area contributed by atoms with Gasteiger partial charge in [-0.1, -0.05) is 0 Å². The standard InChI is InChI=1S/C11H14N2O4/c1-12-5-4-10(15)13-8-6-7(11(16)17)2-3-9(8)14/h2-3,6,12,14H,4-5H2,1H3,(H,13,15)(H,16,17). The van der Waals surface area contributed by atoms with Gasteiger partial charge in [-0.3, -0.25) is 4.79 Å². The van der Waals surface area contributed by atoms with Crippen LogP contribution >= 0.6 is 0 Å². The van der Waals surface area contributed by atoms with E-state index in [9.17, 15) is 14.7 Å². The number of carbonyl (C=O) groups is 2. The predicted molar refractivity (Wildman–Crippen MR) is 62.2 cm³/mol. The number of carboxylic acids is 1. The van der Waals surface area contributed by atoms with E-state index >= 15 is 0 Å². The van der Waals surface area contributed by atoms with Crippen LogP contribution in [0.4, 0.5) is 5.69 Å². The lowest BCUT2D eigenvalue weighted by molar-refractivity contribution is -0.116. The van der Waals surface area contributed by atoms with Crippen molar-refractivity contribution >= 4 is 17.6 Å². The number of amides is 1. The summed E-state index contributed by atoms with van der Waals surface area (Å²) < 4.78 is 0. The first-order valence-corrected chi connectivity index (χ1v) is 5.05. The molecule has 0 aromatic heterocycles. The van der Waals surface area contributed by atoms with Crippen LogP contribution in [-0.2, 0) is 4.79 Å². The number of hydrogen-bond donors (Lipinski definition) is 4. The maximum Gasteiger partial charge on any atom is 0.335 e. The van der Waals surface area contributed by atoms with E-state index in [1.165, 1.54) is 18.2 Å². The summed E-state index contributed by atoms with van der Waals surface area (Å²) in [4.78, 5) is 22.1. The summed E-state index contributed by atoms with van der Waals surface area (Å²) in [7, 11) is 1.72. The van der Waals surface area contributed by atoms with E-state index in [-0.39, 0.29) is 29.3 Å². The van der Waals surface area contributed by atoms with Gasteiger partial charge in [0, 0.05) is 13.0 Å². The zero-order chi connectivity index (χ0) is 12.8. The Morgan fingerprint density at radius 2 is 2.06 bits per heavy atom. The van der Waals surface area contributed by atoms with E-state index in [0.717, 1.165) is 0 Å². The second kappa shape index (κ2) is 5.86. The van der Waals surface area contributed by atoms with Gasteiger partial charge in [-0.25, -0.2) is 4.79 Å². The monoisotopic (exact) mass is 238 g/mol. The quantitative estimate of drug-likeness (QED) is 0.564. The molecule has 0 spiro atoms. The fourth-order valence-corrected chi connectivity index (χ4v) is 1.22. The number of benzene rings is 1. The van der Waals surface area contributed by atoms with Crippen LogP contribution in [0.25, 0.3) is 0 Å². The highest BCUT2D eigenvalue weighted by Gasteiger charge is 2.10. The molecular weight excluding hydrogens is 224 g/mol. The Bertz CT molecular complexity index is 431. The van der Waals surface area contributed by atoms with Gasteiger partial charge in [0.1, 0.15) is 5.75 Å². The zero-order valence-corrected chi connectivity index (χ0v) is 9.36. The highest BCUT2D eigenvalue weighted by molar-refractivity contribution is 5.95. The third-order valence-corrected chi connectivity index (χ3v) is 2.12. The third-order valence-electron chi connectivity index (χ3n) is 2.12. The number of carbonyl (C=O) groups excluding carboxylic acids is 1. The van der Waals surface area contributed by atoms with Gasteiger partial charge in [0.15, 0.2) is 0 Å². The molecule has 0 aliphatic heterocycles. The number of phenolic OH excluding ortho intramolecular Hbond substituents is 1. The van der Waals surface area contributed by atoms with Crippen LogP contribution in [0.15, 0.2) is 18.2 Å². The molecule has 1 aromatic rings. The van der Waals surface area contributed by atoms with Gasteiger partial charge in [0.25, 0.3) is 0 Å². The summed E-state index contributed by atoms with van der Waals surface area (Å²) in [6.07, 6.45) is 0.243. The fourth-order valence-electron chi connectivity index (χ4n) is 1.22. The molecular formula is C11H14N2O4. The number of rotatable bonds is 5. The molecule has 0 fully saturated rings. The van der Waals surface area contributed by atoms with Crippen molar-refractivity contribution in [2.45, 2.75) is 6.42 Å². The number of hydrogen-bond acceptors (Lipinski definition) is 4. The van der Waals surface area contributed by atoms with E-state index in [4.69, 9.17) is 5.11 Å². The van der Waals surface area contributed by atoms with Gasteiger partial charge < -0.3 is 20.8 Å². The maximum absolute atomic E-state index is 11.4. The van der Waals surface area contributed by atoms with E-state index in [2.05, 4.69) is 10.6 Å². The molecule has 0 radical (unpaired) electrons. The number of aromatic hydroxyl groups is 1. The molecule has 4 N–H and O–H groups in total. The van der Waals surface area contributed by atoms with Crippen molar-refractivity contribution in [3.63, 3.8) is 0 Å². The van der Waals surface area contributed by atoms with Crippen LogP contribution in [0, 0.1) is 0 Å². The average molecular weight is 238 g/mol. The number of nitrogens with one attached hydrogen (secondary N) is 2. The number of aromatic carboxylic acids is 1. The third kappa shape index (κ3) is 3.76. The molecule has 0 atom stereocenters. The molecule has 0 aliphatic rings. The molecule has 1 amide bonds. The van der Waals surface area contributed by atoms with Gasteiger partial charge in [0.2, 0.25) is 5.91 Å². The first kappa shape index (κ1) is 13.0. The zero-order valence-electron chi connectivity index (χ0n) is 9.36. The molecule has 0 aliphatic carbocycles. The summed E-state index contributed by atoms with van der Waals surface area (Å²) in [5.41, 5.74) is 0.109. The number of anilines is 1. The molecule has 0 bridgehead atoms. The van der Waals surface area contributed by atoms with Crippen LogP contribution < -0.4 is 10.6 Å². The van der Waals surface area contributed by atoms with Crippen LogP contribution in [0.1, 0.15) is 16.8 Å². The Morgan fingerprint density at radius 3 is 2.65 bits per heavy atom. The van der Waals surface area contributed by atoms with E-state index in [0.29, 0.717) is 6.54 Å². The average Bonchev–Trinajstić information content (AvgIpc) is 2.29. The predicted octanol–water partition coefficient (Wildman–Crippen LogP) is 0.638. The summed E-state index contributed by atoms with van der Waals surface area (Å²) in [6.45, 7) is 0.505.